The number of rotatable bonds is 5. The first kappa shape index (κ1) is 17.3. The largest absolute Gasteiger partial charge is 0.347 e. The van der Waals surface area contributed by atoms with Gasteiger partial charge in [-0.3, -0.25) is 4.79 Å². The number of likely N-dealkylation sites (tertiary alicyclic amines) is 1. The molecule has 1 aliphatic heterocycles. The predicted molar refractivity (Wildman–Crippen MR) is 105 cm³/mol. The van der Waals surface area contributed by atoms with E-state index in [9.17, 15) is 4.79 Å². The van der Waals surface area contributed by atoms with Gasteiger partial charge in [-0.05, 0) is 61.9 Å². The van der Waals surface area contributed by atoms with Crippen molar-refractivity contribution in [2.24, 2.45) is 0 Å². The summed E-state index contributed by atoms with van der Waals surface area (Å²) in [4.78, 5) is 15.7. The SMILES string of the molecule is O=C(N[C@@H](CN1CCCC1)c1ccccc1)[C@@H]1CCCc2ccccc21. The van der Waals surface area contributed by atoms with Gasteiger partial charge < -0.3 is 10.2 Å². The second-order valence-electron chi connectivity index (χ2n) is 7.62. The van der Waals surface area contributed by atoms with Crippen LogP contribution >= 0.6 is 0 Å². The number of nitrogens with one attached hydrogen (secondary N) is 1. The highest BCUT2D eigenvalue weighted by Gasteiger charge is 2.29. The number of hydrogen-bond donors (Lipinski definition) is 1. The van der Waals surface area contributed by atoms with Gasteiger partial charge in [0.1, 0.15) is 0 Å². The number of amides is 1. The van der Waals surface area contributed by atoms with Gasteiger partial charge in [-0.15, -0.1) is 0 Å². The Morgan fingerprint density at radius 3 is 2.54 bits per heavy atom. The fourth-order valence-electron chi connectivity index (χ4n) is 4.44. The zero-order chi connectivity index (χ0) is 17.8. The van der Waals surface area contributed by atoms with E-state index in [1.807, 2.05) is 6.07 Å². The molecule has 2 atom stereocenters. The lowest BCUT2D eigenvalue weighted by atomic mass is 9.82. The predicted octanol–water partition coefficient (Wildman–Crippen LogP) is 4.06. The van der Waals surface area contributed by atoms with Crippen LogP contribution in [0.5, 0.6) is 0 Å². The Balaban J connectivity index is 1.53. The van der Waals surface area contributed by atoms with E-state index in [4.69, 9.17) is 0 Å². The molecule has 0 aromatic heterocycles. The van der Waals surface area contributed by atoms with E-state index in [0.29, 0.717) is 0 Å². The summed E-state index contributed by atoms with van der Waals surface area (Å²) in [6.07, 6.45) is 5.68. The van der Waals surface area contributed by atoms with Gasteiger partial charge in [0.2, 0.25) is 5.91 Å². The van der Waals surface area contributed by atoms with Gasteiger partial charge in [-0.25, -0.2) is 0 Å². The van der Waals surface area contributed by atoms with Crippen LogP contribution in [0.15, 0.2) is 54.6 Å². The molecule has 1 N–H and O–H groups in total. The van der Waals surface area contributed by atoms with E-state index in [2.05, 4.69) is 58.7 Å². The molecule has 136 valence electrons. The molecule has 0 saturated carbocycles. The number of hydrogen-bond acceptors (Lipinski definition) is 2. The minimum absolute atomic E-state index is 0.00950. The van der Waals surface area contributed by atoms with Gasteiger partial charge in [0, 0.05) is 6.54 Å². The first-order valence-electron chi connectivity index (χ1n) is 9.97. The Hall–Kier alpha value is -2.13. The van der Waals surface area contributed by atoms with Crippen LogP contribution < -0.4 is 5.32 Å². The highest BCUT2D eigenvalue weighted by atomic mass is 16.2. The van der Waals surface area contributed by atoms with E-state index < -0.39 is 0 Å². The Kier molecular flexibility index (Phi) is 5.35. The summed E-state index contributed by atoms with van der Waals surface area (Å²) in [5.41, 5.74) is 3.77. The number of benzene rings is 2. The maximum absolute atomic E-state index is 13.2. The normalized spacial score (nSPS) is 21.2. The third kappa shape index (κ3) is 3.83. The van der Waals surface area contributed by atoms with Crippen LogP contribution in [0.1, 0.15) is 54.3 Å². The van der Waals surface area contributed by atoms with Crippen molar-refractivity contribution in [3.05, 3.63) is 71.3 Å². The summed E-state index contributed by atoms with van der Waals surface area (Å²) in [6.45, 7) is 3.20. The highest BCUT2D eigenvalue weighted by Crippen LogP contribution is 2.32. The molecule has 4 rings (SSSR count). The number of fused-ring (bicyclic) bond motifs is 1. The van der Waals surface area contributed by atoms with Crippen LogP contribution in [-0.2, 0) is 11.2 Å². The van der Waals surface area contributed by atoms with Gasteiger partial charge >= 0.3 is 0 Å². The van der Waals surface area contributed by atoms with Crippen LogP contribution in [0.3, 0.4) is 0 Å². The van der Waals surface area contributed by atoms with Gasteiger partial charge in [-0.1, -0.05) is 54.6 Å². The van der Waals surface area contributed by atoms with Crippen molar-refractivity contribution in [2.45, 2.75) is 44.1 Å². The summed E-state index contributed by atoms with van der Waals surface area (Å²) in [5.74, 6) is 0.176. The van der Waals surface area contributed by atoms with Crippen molar-refractivity contribution in [1.82, 2.24) is 10.2 Å². The molecule has 0 unspecified atom stereocenters. The smallest absolute Gasteiger partial charge is 0.228 e. The Bertz CT molecular complexity index is 737. The lowest BCUT2D eigenvalue weighted by Gasteiger charge is -2.29. The molecule has 1 saturated heterocycles. The second kappa shape index (κ2) is 8.05. The van der Waals surface area contributed by atoms with Gasteiger partial charge in [0.25, 0.3) is 0 Å². The van der Waals surface area contributed by atoms with E-state index in [1.165, 1.54) is 29.5 Å². The molecule has 2 aliphatic rings. The van der Waals surface area contributed by atoms with Crippen molar-refractivity contribution >= 4 is 5.91 Å². The Morgan fingerprint density at radius 1 is 1.00 bits per heavy atom. The fourth-order valence-corrected chi connectivity index (χ4v) is 4.44. The van der Waals surface area contributed by atoms with Crippen molar-refractivity contribution in [3.8, 4) is 0 Å². The molecule has 1 fully saturated rings. The number of nitrogens with zero attached hydrogens (tertiary/aromatic N) is 1. The lowest BCUT2D eigenvalue weighted by molar-refractivity contribution is -0.123. The maximum Gasteiger partial charge on any atom is 0.228 e. The third-order valence-corrected chi connectivity index (χ3v) is 5.84. The minimum Gasteiger partial charge on any atom is -0.347 e. The van der Waals surface area contributed by atoms with Crippen molar-refractivity contribution in [1.29, 1.82) is 0 Å². The molecule has 1 aliphatic carbocycles. The minimum atomic E-state index is -0.00950. The molecule has 0 radical (unpaired) electrons. The summed E-state index contributed by atoms with van der Waals surface area (Å²) in [5, 5.41) is 3.39. The van der Waals surface area contributed by atoms with E-state index in [-0.39, 0.29) is 17.9 Å². The van der Waals surface area contributed by atoms with E-state index >= 15 is 0 Å². The number of aryl methyl sites for hydroxylation is 1. The standard InChI is InChI=1S/C23H28N2O/c26-23(21-14-8-12-18-9-4-5-13-20(18)21)24-22(17-25-15-6-7-16-25)19-10-2-1-3-11-19/h1-5,9-11,13,21-22H,6-8,12,14-17H2,(H,24,26)/t21-,22+/m1/s1. The molecule has 2 aromatic rings. The quantitative estimate of drug-likeness (QED) is 0.884. The Labute approximate surface area is 156 Å². The maximum atomic E-state index is 13.2. The van der Waals surface area contributed by atoms with Crippen LogP contribution in [0, 0.1) is 0 Å². The van der Waals surface area contributed by atoms with E-state index in [0.717, 1.165) is 38.9 Å². The third-order valence-electron chi connectivity index (χ3n) is 5.84. The van der Waals surface area contributed by atoms with Crippen LogP contribution in [0.4, 0.5) is 0 Å². The van der Waals surface area contributed by atoms with Crippen LogP contribution in [0.25, 0.3) is 0 Å². The highest BCUT2D eigenvalue weighted by molar-refractivity contribution is 5.84. The van der Waals surface area contributed by atoms with Crippen molar-refractivity contribution in [3.63, 3.8) is 0 Å². The molecule has 1 heterocycles. The fraction of sp³-hybridized carbons (Fsp3) is 0.435. The molecular formula is C23H28N2O. The zero-order valence-corrected chi connectivity index (χ0v) is 15.4. The van der Waals surface area contributed by atoms with Gasteiger partial charge in [-0.2, -0.15) is 0 Å². The molecule has 3 heteroatoms. The topological polar surface area (TPSA) is 32.3 Å². The van der Waals surface area contributed by atoms with Crippen LogP contribution in [0.2, 0.25) is 0 Å². The lowest BCUT2D eigenvalue weighted by Crippen LogP contribution is -2.39. The van der Waals surface area contributed by atoms with Crippen molar-refractivity contribution < 1.29 is 4.79 Å². The molecular weight excluding hydrogens is 320 g/mol. The molecule has 0 bridgehead atoms. The van der Waals surface area contributed by atoms with E-state index in [1.54, 1.807) is 0 Å². The van der Waals surface area contributed by atoms with Gasteiger partial charge in [0.05, 0.1) is 12.0 Å². The molecule has 1 amide bonds. The summed E-state index contributed by atoms with van der Waals surface area (Å²) in [6, 6.07) is 19.0. The number of carbonyl (C=O) groups is 1. The molecule has 3 nitrogen and oxygen atoms in total. The second-order valence-corrected chi connectivity index (χ2v) is 7.62. The van der Waals surface area contributed by atoms with Crippen LogP contribution in [-0.4, -0.2) is 30.4 Å². The summed E-state index contributed by atoms with van der Waals surface area (Å²) < 4.78 is 0. The summed E-state index contributed by atoms with van der Waals surface area (Å²) >= 11 is 0. The molecule has 26 heavy (non-hydrogen) atoms. The average Bonchev–Trinajstić information content (AvgIpc) is 3.21. The first-order chi connectivity index (χ1) is 12.8. The van der Waals surface area contributed by atoms with Crippen molar-refractivity contribution in [2.75, 3.05) is 19.6 Å². The molecule has 0 spiro atoms. The number of carbonyl (C=O) groups excluding carboxylic acids is 1. The average molecular weight is 348 g/mol. The zero-order valence-electron chi connectivity index (χ0n) is 15.4. The Morgan fingerprint density at radius 2 is 1.73 bits per heavy atom. The molecule has 2 aromatic carbocycles. The van der Waals surface area contributed by atoms with Gasteiger partial charge in [0.15, 0.2) is 0 Å². The summed E-state index contributed by atoms with van der Waals surface area (Å²) in [7, 11) is 0. The first-order valence-corrected chi connectivity index (χ1v) is 9.97. The monoisotopic (exact) mass is 348 g/mol.